The molecule has 0 unspecified atom stereocenters. The molecule has 0 aromatic heterocycles. The fourth-order valence-electron chi connectivity index (χ4n) is 3.39. The quantitative estimate of drug-likeness (QED) is 0.159. The van der Waals surface area contributed by atoms with Crippen LogP contribution >= 0.6 is 7.94 Å². The Morgan fingerprint density at radius 2 is 0.893 bits per heavy atom. The normalized spacial score (nSPS) is 13.2. The summed E-state index contributed by atoms with van der Waals surface area (Å²) in [6.07, 6.45) is 15.0. The Hall–Kier alpha value is 0.310. The molecule has 0 bridgehead atoms. The SMILES string of the molecule is CC(C)CCCCCO[PH](O)(CCCCCC(C)C)OCCCCCC(C)C. The number of rotatable bonds is 20. The zero-order chi connectivity index (χ0) is 21.3. The molecule has 0 radical (unpaired) electrons. The third-order valence-electron chi connectivity index (χ3n) is 5.28. The molecular weight excluding hydrogens is 367 g/mol. The van der Waals surface area contributed by atoms with Crippen LogP contribution in [0, 0.1) is 17.8 Å². The summed E-state index contributed by atoms with van der Waals surface area (Å²) < 4.78 is 12.0. The molecule has 0 aromatic carbocycles. The minimum absolute atomic E-state index is 0.653. The van der Waals surface area contributed by atoms with E-state index in [1.807, 2.05) is 0 Å². The van der Waals surface area contributed by atoms with E-state index < -0.39 is 7.94 Å². The Morgan fingerprint density at radius 3 is 1.25 bits per heavy atom. The molecule has 0 amide bonds. The van der Waals surface area contributed by atoms with Gasteiger partial charge in [0, 0.05) is 0 Å². The van der Waals surface area contributed by atoms with E-state index in [1.54, 1.807) is 0 Å². The van der Waals surface area contributed by atoms with Gasteiger partial charge in [0.2, 0.25) is 0 Å². The maximum atomic E-state index is 11.0. The van der Waals surface area contributed by atoms with Crippen LogP contribution in [-0.2, 0) is 9.05 Å². The third kappa shape index (κ3) is 19.6. The van der Waals surface area contributed by atoms with Gasteiger partial charge in [-0.2, -0.15) is 0 Å². The standard InChI is InChI=1S/C24H53O3P/c1-22(2)16-10-7-13-19-26-28(25,21-15-9-12-18-24(5)6)27-20-14-8-11-17-23(3)4/h22-25,28H,7-21H2,1-6H3. The van der Waals surface area contributed by atoms with Crippen molar-refractivity contribution in [1.29, 1.82) is 0 Å². The van der Waals surface area contributed by atoms with Gasteiger partial charge < -0.3 is 0 Å². The Bertz CT molecular complexity index is 312. The van der Waals surface area contributed by atoms with Gasteiger partial charge in [-0.3, -0.25) is 0 Å². The Balaban J connectivity index is 4.12. The van der Waals surface area contributed by atoms with Gasteiger partial charge in [0.25, 0.3) is 0 Å². The summed E-state index contributed by atoms with van der Waals surface area (Å²) in [6.45, 7) is 15.0. The van der Waals surface area contributed by atoms with Gasteiger partial charge in [-0.25, -0.2) is 0 Å². The first-order valence-electron chi connectivity index (χ1n) is 12.3. The molecule has 0 atom stereocenters. The van der Waals surface area contributed by atoms with Crippen molar-refractivity contribution in [2.24, 2.45) is 17.8 Å². The molecule has 3 nitrogen and oxygen atoms in total. The summed E-state index contributed by atoms with van der Waals surface area (Å²) in [6, 6.07) is 0. The topological polar surface area (TPSA) is 38.7 Å². The summed E-state index contributed by atoms with van der Waals surface area (Å²) in [5, 5.41) is 0. The second-order valence-electron chi connectivity index (χ2n) is 9.89. The average Bonchev–Trinajstić information content (AvgIpc) is 2.60. The molecule has 0 heterocycles. The zero-order valence-electron chi connectivity index (χ0n) is 20.1. The van der Waals surface area contributed by atoms with Gasteiger partial charge in [0.15, 0.2) is 0 Å². The molecule has 0 spiro atoms. The zero-order valence-corrected chi connectivity index (χ0v) is 21.1. The van der Waals surface area contributed by atoms with E-state index in [0.717, 1.165) is 43.2 Å². The van der Waals surface area contributed by atoms with Crippen LogP contribution in [0.2, 0.25) is 0 Å². The fraction of sp³-hybridized carbons (Fsp3) is 1.00. The van der Waals surface area contributed by atoms with E-state index in [-0.39, 0.29) is 0 Å². The number of hydrogen-bond donors (Lipinski definition) is 1. The van der Waals surface area contributed by atoms with Crippen LogP contribution in [0.3, 0.4) is 0 Å². The molecule has 4 heteroatoms. The van der Waals surface area contributed by atoms with Crippen molar-refractivity contribution < 1.29 is 13.9 Å². The molecule has 0 aliphatic carbocycles. The fourth-order valence-corrected chi connectivity index (χ4v) is 5.39. The Kier molecular flexibility index (Phi) is 18.3. The van der Waals surface area contributed by atoms with Crippen molar-refractivity contribution in [2.45, 2.75) is 119 Å². The van der Waals surface area contributed by atoms with Crippen molar-refractivity contribution in [3.05, 3.63) is 0 Å². The summed E-state index contributed by atoms with van der Waals surface area (Å²) in [7, 11) is -2.99. The molecule has 0 aliphatic heterocycles. The first-order chi connectivity index (χ1) is 13.2. The predicted octanol–water partition coefficient (Wildman–Crippen LogP) is 8.16. The summed E-state index contributed by atoms with van der Waals surface area (Å²) >= 11 is 0. The van der Waals surface area contributed by atoms with Gasteiger partial charge in [0.05, 0.1) is 0 Å². The molecule has 0 saturated heterocycles. The van der Waals surface area contributed by atoms with Gasteiger partial charge in [-0.15, -0.1) is 0 Å². The van der Waals surface area contributed by atoms with E-state index in [0.29, 0.717) is 13.2 Å². The molecule has 0 aliphatic rings. The Labute approximate surface area is 177 Å². The second kappa shape index (κ2) is 18.1. The van der Waals surface area contributed by atoms with E-state index in [2.05, 4.69) is 41.5 Å². The number of hydrogen-bond acceptors (Lipinski definition) is 3. The van der Waals surface area contributed by atoms with Gasteiger partial charge in [0.1, 0.15) is 0 Å². The van der Waals surface area contributed by atoms with Crippen molar-refractivity contribution in [2.75, 3.05) is 19.4 Å². The van der Waals surface area contributed by atoms with Crippen LogP contribution in [0.15, 0.2) is 0 Å². The van der Waals surface area contributed by atoms with Gasteiger partial charge >= 0.3 is 178 Å². The summed E-state index contributed by atoms with van der Waals surface area (Å²) in [5.74, 6) is 2.31. The monoisotopic (exact) mass is 420 g/mol. The third-order valence-corrected chi connectivity index (χ3v) is 7.58. The summed E-state index contributed by atoms with van der Waals surface area (Å²) in [5.41, 5.74) is 0. The van der Waals surface area contributed by atoms with Crippen molar-refractivity contribution >= 4 is 7.94 Å². The number of unbranched alkanes of at least 4 members (excludes halogenated alkanes) is 6. The van der Waals surface area contributed by atoms with E-state index in [4.69, 9.17) is 9.05 Å². The van der Waals surface area contributed by atoms with E-state index in [9.17, 15) is 4.89 Å². The van der Waals surface area contributed by atoms with Crippen LogP contribution in [-0.4, -0.2) is 24.3 Å². The van der Waals surface area contributed by atoms with Crippen LogP contribution in [0.4, 0.5) is 0 Å². The van der Waals surface area contributed by atoms with Crippen LogP contribution in [0.25, 0.3) is 0 Å². The van der Waals surface area contributed by atoms with Crippen LogP contribution in [0.5, 0.6) is 0 Å². The second-order valence-corrected chi connectivity index (χ2v) is 12.4. The van der Waals surface area contributed by atoms with Crippen molar-refractivity contribution in [1.82, 2.24) is 0 Å². The summed E-state index contributed by atoms with van der Waals surface area (Å²) in [4.78, 5) is 11.0. The predicted molar refractivity (Wildman–Crippen MR) is 127 cm³/mol. The maximum absolute atomic E-state index is 11.0. The van der Waals surface area contributed by atoms with Crippen LogP contribution in [0.1, 0.15) is 119 Å². The Morgan fingerprint density at radius 1 is 0.536 bits per heavy atom. The minimum atomic E-state index is -2.99. The van der Waals surface area contributed by atoms with Gasteiger partial charge in [-0.1, -0.05) is 0 Å². The molecule has 0 rings (SSSR count). The molecule has 0 fully saturated rings. The molecule has 0 aromatic rings. The first-order valence-corrected chi connectivity index (χ1v) is 14.2. The van der Waals surface area contributed by atoms with E-state index in [1.165, 1.54) is 57.8 Å². The van der Waals surface area contributed by atoms with Crippen molar-refractivity contribution in [3.63, 3.8) is 0 Å². The average molecular weight is 421 g/mol. The first kappa shape index (κ1) is 28.3. The molecule has 28 heavy (non-hydrogen) atoms. The molecular formula is C24H53O3P. The van der Waals surface area contributed by atoms with Gasteiger partial charge in [-0.05, 0) is 0 Å². The van der Waals surface area contributed by atoms with E-state index >= 15 is 0 Å². The van der Waals surface area contributed by atoms with Crippen molar-refractivity contribution in [3.8, 4) is 0 Å². The van der Waals surface area contributed by atoms with Crippen LogP contribution < -0.4 is 0 Å². The molecule has 0 saturated carbocycles. The molecule has 1 N–H and O–H groups in total. The molecule has 172 valence electrons.